The molecule has 0 atom stereocenters. The molecule has 0 unspecified atom stereocenters. The molecule has 0 saturated heterocycles. The van der Waals surface area contributed by atoms with Crippen LogP contribution in [0.4, 0.5) is 11.4 Å². The van der Waals surface area contributed by atoms with Gasteiger partial charge >= 0.3 is 5.97 Å². The van der Waals surface area contributed by atoms with E-state index in [0.717, 1.165) is 0 Å². The van der Waals surface area contributed by atoms with E-state index in [-0.39, 0.29) is 11.3 Å². The maximum Gasteiger partial charge on any atom is 0.331 e. The Morgan fingerprint density at radius 2 is 2.14 bits per heavy atom. The molecule has 0 aliphatic carbocycles. The Kier molecular flexibility index (Phi) is 4.67. The number of hydrogen-bond acceptors (Lipinski definition) is 6. The normalized spacial score (nSPS) is 10.2. The summed E-state index contributed by atoms with van der Waals surface area (Å²) in [6, 6.07) is 10.9. The Bertz CT molecular complexity index is 804. The molecule has 0 amide bonds. The molecule has 1 aromatic carbocycles. The summed E-state index contributed by atoms with van der Waals surface area (Å²) in [6.07, 6.45) is 2.62. The summed E-state index contributed by atoms with van der Waals surface area (Å²) >= 11 is 0. The number of aromatic amines is 1. The van der Waals surface area contributed by atoms with Gasteiger partial charge in [-0.2, -0.15) is 5.26 Å². The van der Waals surface area contributed by atoms with E-state index in [4.69, 9.17) is 0 Å². The SMILES string of the molecule is CC(=O)ON=Cc1c[nH]c(=O)c(C#N)c1Nc1ccccc1. The highest BCUT2D eigenvalue weighted by Crippen LogP contribution is 2.21. The number of hydrogen-bond donors (Lipinski definition) is 2. The predicted octanol–water partition coefficient (Wildman–Crippen LogP) is 1.89. The van der Waals surface area contributed by atoms with Crippen molar-refractivity contribution in [1.82, 2.24) is 4.98 Å². The molecule has 22 heavy (non-hydrogen) atoms. The third-order valence-electron chi connectivity index (χ3n) is 2.65. The van der Waals surface area contributed by atoms with Crippen LogP contribution in [0.3, 0.4) is 0 Å². The van der Waals surface area contributed by atoms with Crippen LogP contribution in [0.15, 0.2) is 46.5 Å². The smallest absolute Gasteiger partial charge is 0.331 e. The van der Waals surface area contributed by atoms with Gasteiger partial charge in [-0.25, -0.2) is 4.79 Å². The van der Waals surface area contributed by atoms with Crippen LogP contribution in [0.25, 0.3) is 0 Å². The first-order valence-electron chi connectivity index (χ1n) is 6.30. The number of benzene rings is 1. The van der Waals surface area contributed by atoms with Gasteiger partial charge < -0.3 is 15.1 Å². The Balaban J connectivity index is 2.46. The van der Waals surface area contributed by atoms with Gasteiger partial charge in [-0.3, -0.25) is 4.79 Å². The number of carbonyl (C=O) groups excluding carboxylic acids is 1. The lowest BCUT2D eigenvalue weighted by atomic mass is 10.1. The Hall–Kier alpha value is -3.40. The topological polar surface area (TPSA) is 107 Å². The van der Waals surface area contributed by atoms with Gasteiger partial charge in [-0.05, 0) is 12.1 Å². The summed E-state index contributed by atoms with van der Waals surface area (Å²) < 4.78 is 0. The van der Waals surface area contributed by atoms with Crippen LogP contribution in [0.5, 0.6) is 0 Å². The number of H-pyrrole nitrogens is 1. The average Bonchev–Trinajstić information content (AvgIpc) is 2.50. The van der Waals surface area contributed by atoms with E-state index in [1.54, 1.807) is 12.1 Å². The highest BCUT2D eigenvalue weighted by atomic mass is 16.7. The molecule has 0 bridgehead atoms. The van der Waals surface area contributed by atoms with Crippen molar-refractivity contribution in [3.05, 3.63) is 58.0 Å². The van der Waals surface area contributed by atoms with Crippen LogP contribution in [-0.2, 0) is 9.63 Å². The number of oxime groups is 1. The van der Waals surface area contributed by atoms with Crippen LogP contribution < -0.4 is 10.9 Å². The van der Waals surface area contributed by atoms with Crippen LogP contribution in [-0.4, -0.2) is 17.2 Å². The molecule has 2 rings (SSSR count). The van der Waals surface area contributed by atoms with Crippen molar-refractivity contribution >= 4 is 23.6 Å². The third kappa shape index (κ3) is 3.58. The molecular formula is C15H12N4O3. The minimum Gasteiger partial charge on any atom is -0.354 e. The zero-order chi connectivity index (χ0) is 15.9. The lowest BCUT2D eigenvalue weighted by molar-refractivity contribution is -0.140. The molecule has 2 N–H and O–H groups in total. The minimum absolute atomic E-state index is 0.0874. The number of nitrogens with zero attached hydrogens (tertiary/aromatic N) is 2. The number of carbonyl (C=O) groups is 1. The number of nitriles is 1. The molecule has 0 aliphatic rings. The quantitative estimate of drug-likeness (QED) is 0.509. The number of anilines is 2. The van der Waals surface area contributed by atoms with Gasteiger partial charge in [0.1, 0.15) is 11.6 Å². The first-order chi connectivity index (χ1) is 10.6. The summed E-state index contributed by atoms with van der Waals surface area (Å²) in [4.78, 5) is 29.4. The first kappa shape index (κ1) is 15.0. The maximum atomic E-state index is 11.7. The number of aromatic nitrogens is 1. The molecule has 0 saturated carbocycles. The van der Waals surface area contributed by atoms with Crippen molar-refractivity contribution in [3.8, 4) is 6.07 Å². The Morgan fingerprint density at radius 1 is 1.41 bits per heavy atom. The first-order valence-corrected chi connectivity index (χ1v) is 6.30. The number of rotatable bonds is 4. The fourth-order valence-corrected chi connectivity index (χ4v) is 1.71. The molecule has 7 heteroatoms. The number of pyridine rings is 1. The van der Waals surface area contributed by atoms with Gasteiger partial charge in [0.2, 0.25) is 0 Å². The molecule has 0 aliphatic heterocycles. The standard InChI is InChI=1S/C15H12N4O3/c1-10(20)22-18-9-11-8-17-15(21)13(7-16)14(11)19-12-5-3-2-4-6-12/h2-6,8-9H,1H3,(H2,17,19,21). The van der Waals surface area contributed by atoms with Gasteiger partial charge in [0.25, 0.3) is 5.56 Å². The molecule has 0 fully saturated rings. The van der Waals surface area contributed by atoms with E-state index >= 15 is 0 Å². The van der Waals surface area contributed by atoms with E-state index in [2.05, 4.69) is 20.3 Å². The fourth-order valence-electron chi connectivity index (χ4n) is 1.71. The maximum absolute atomic E-state index is 11.7. The van der Waals surface area contributed by atoms with Gasteiger partial charge in [-0.15, -0.1) is 0 Å². The summed E-state index contributed by atoms with van der Waals surface area (Å²) in [5, 5.41) is 15.7. The van der Waals surface area contributed by atoms with Gasteiger partial charge in [0.05, 0.1) is 11.9 Å². The average molecular weight is 296 g/mol. The van der Waals surface area contributed by atoms with Gasteiger partial charge in [0.15, 0.2) is 0 Å². The fraction of sp³-hybridized carbons (Fsp3) is 0.0667. The lowest BCUT2D eigenvalue weighted by Crippen LogP contribution is -2.14. The summed E-state index contributed by atoms with van der Waals surface area (Å²) in [6.45, 7) is 1.22. The summed E-state index contributed by atoms with van der Waals surface area (Å²) in [5.74, 6) is -0.571. The van der Waals surface area contributed by atoms with E-state index in [0.29, 0.717) is 11.3 Å². The third-order valence-corrected chi connectivity index (χ3v) is 2.65. The highest BCUT2D eigenvalue weighted by molar-refractivity contribution is 5.90. The number of nitrogens with one attached hydrogen (secondary N) is 2. The molecule has 7 nitrogen and oxygen atoms in total. The summed E-state index contributed by atoms with van der Waals surface area (Å²) in [5.41, 5.74) is 0.780. The van der Waals surface area contributed by atoms with Crippen LogP contribution in [0.2, 0.25) is 0 Å². The molecule has 0 radical (unpaired) electrons. The van der Waals surface area contributed by atoms with Crippen molar-refractivity contribution in [2.75, 3.05) is 5.32 Å². The highest BCUT2D eigenvalue weighted by Gasteiger charge is 2.12. The molecule has 0 spiro atoms. The van der Waals surface area contributed by atoms with Crippen molar-refractivity contribution in [2.24, 2.45) is 5.16 Å². The molecule has 1 aromatic heterocycles. The van der Waals surface area contributed by atoms with Gasteiger partial charge in [0, 0.05) is 24.4 Å². The van der Waals surface area contributed by atoms with Crippen LogP contribution in [0.1, 0.15) is 18.1 Å². The molecular weight excluding hydrogens is 284 g/mol. The largest absolute Gasteiger partial charge is 0.354 e. The Labute approximate surface area is 125 Å². The molecule has 1 heterocycles. The zero-order valence-corrected chi connectivity index (χ0v) is 11.7. The zero-order valence-electron chi connectivity index (χ0n) is 11.7. The van der Waals surface area contributed by atoms with Crippen LogP contribution in [0, 0.1) is 11.3 Å². The number of para-hydroxylation sites is 1. The second kappa shape index (κ2) is 6.85. The molecule has 2 aromatic rings. The van der Waals surface area contributed by atoms with Crippen molar-refractivity contribution in [2.45, 2.75) is 6.92 Å². The predicted molar refractivity (Wildman–Crippen MR) is 80.9 cm³/mol. The lowest BCUT2D eigenvalue weighted by Gasteiger charge is -2.10. The summed E-state index contributed by atoms with van der Waals surface area (Å²) in [7, 11) is 0. The van der Waals surface area contributed by atoms with Crippen molar-refractivity contribution in [1.29, 1.82) is 5.26 Å². The van der Waals surface area contributed by atoms with E-state index in [1.807, 2.05) is 24.3 Å². The van der Waals surface area contributed by atoms with E-state index in [1.165, 1.54) is 19.3 Å². The van der Waals surface area contributed by atoms with E-state index in [9.17, 15) is 14.9 Å². The van der Waals surface area contributed by atoms with Crippen molar-refractivity contribution in [3.63, 3.8) is 0 Å². The monoisotopic (exact) mass is 296 g/mol. The van der Waals surface area contributed by atoms with Crippen LogP contribution >= 0.6 is 0 Å². The van der Waals surface area contributed by atoms with Crippen molar-refractivity contribution < 1.29 is 9.63 Å². The Morgan fingerprint density at radius 3 is 2.77 bits per heavy atom. The van der Waals surface area contributed by atoms with Gasteiger partial charge in [-0.1, -0.05) is 23.4 Å². The molecule has 110 valence electrons. The second-order valence-corrected chi connectivity index (χ2v) is 4.24. The van der Waals surface area contributed by atoms with E-state index < -0.39 is 11.5 Å². The second-order valence-electron chi connectivity index (χ2n) is 4.24. The minimum atomic E-state index is -0.571.